The normalized spacial score (nSPS) is 18.9. The average Bonchev–Trinajstić information content (AvgIpc) is 2.44. The molecule has 1 aliphatic heterocycles. The fourth-order valence-corrected chi connectivity index (χ4v) is 2.56. The fourth-order valence-electron chi connectivity index (χ4n) is 2.56. The first kappa shape index (κ1) is 14.8. The van der Waals surface area contributed by atoms with Gasteiger partial charge in [-0.1, -0.05) is 13.8 Å². The van der Waals surface area contributed by atoms with Crippen LogP contribution in [0.4, 0.5) is 5.82 Å². The molecule has 1 aliphatic rings. The molecule has 1 saturated heterocycles. The van der Waals surface area contributed by atoms with Crippen molar-refractivity contribution < 1.29 is 4.79 Å². The SMILES string of the molecule is CCCNC(=O)c1cc(N2CCCC(C)C2)nc(C)n1. The lowest BCUT2D eigenvalue weighted by Gasteiger charge is -2.32. The van der Waals surface area contributed by atoms with Gasteiger partial charge in [-0.2, -0.15) is 0 Å². The van der Waals surface area contributed by atoms with Crippen LogP contribution in [0.3, 0.4) is 0 Å². The first-order valence-electron chi connectivity index (χ1n) is 7.49. The molecule has 1 N–H and O–H groups in total. The lowest BCUT2D eigenvalue weighted by atomic mass is 10.0. The summed E-state index contributed by atoms with van der Waals surface area (Å²) in [5, 5.41) is 2.87. The quantitative estimate of drug-likeness (QED) is 0.915. The molecule has 2 rings (SSSR count). The number of rotatable bonds is 4. The first-order chi connectivity index (χ1) is 9.60. The number of piperidine rings is 1. The summed E-state index contributed by atoms with van der Waals surface area (Å²) < 4.78 is 0. The summed E-state index contributed by atoms with van der Waals surface area (Å²) in [7, 11) is 0. The van der Waals surface area contributed by atoms with Gasteiger partial charge in [0.15, 0.2) is 0 Å². The van der Waals surface area contributed by atoms with Gasteiger partial charge in [-0.25, -0.2) is 9.97 Å². The Balaban J connectivity index is 2.17. The Hall–Kier alpha value is -1.65. The average molecular weight is 276 g/mol. The zero-order valence-corrected chi connectivity index (χ0v) is 12.6. The Bertz CT molecular complexity index is 475. The van der Waals surface area contributed by atoms with Crippen LogP contribution >= 0.6 is 0 Å². The summed E-state index contributed by atoms with van der Waals surface area (Å²) in [6.07, 6.45) is 3.37. The number of anilines is 1. The lowest BCUT2D eigenvalue weighted by Crippen LogP contribution is -2.35. The topological polar surface area (TPSA) is 58.1 Å². The molecule has 20 heavy (non-hydrogen) atoms. The monoisotopic (exact) mass is 276 g/mol. The van der Waals surface area contributed by atoms with Crippen LogP contribution in [0.25, 0.3) is 0 Å². The molecule has 5 nitrogen and oxygen atoms in total. The van der Waals surface area contributed by atoms with Gasteiger partial charge in [0.2, 0.25) is 0 Å². The summed E-state index contributed by atoms with van der Waals surface area (Å²) in [5.41, 5.74) is 0.471. The van der Waals surface area contributed by atoms with E-state index in [1.54, 1.807) is 0 Å². The van der Waals surface area contributed by atoms with Crippen LogP contribution in [0.15, 0.2) is 6.07 Å². The van der Waals surface area contributed by atoms with Crippen LogP contribution < -0.4 is 10.2 Å². The Morgan fingerprint density at radius 1 is 1.50 bits per heavy atom. The molecule has 0 spiro atoms. The minimum atomic E-state index is -0.108. The molecule has 2 heterocycles. The van der Waals surface area contributed by atoms with Gasteiger partial charge < -0.3 is 10.2 Å². The van der Waals surface area contributed by atoms with Gasteiger partial charge >= 0.3 is 0 Å². The molecule has 110 valence electrons. The van der Waals surface area contributed by atoms with E-state index in [2.05, 4.69) is 27.1 Å². The maximum absolute atomic E-state index is 12.0. The van der Waals surface area contributed by atoms with Gasteiger partial charge in [0.25, 0.3) is 5.91 Å². The summed E-state index contributed by atoms with van der Waals surface area (Å²) in [4.78, 5) is 23.0. The molecule has 1 atom stereocenters. The van der Waals surface area contributed by atoms with E-state index in [0.717, 1.165) is 25.3 Å². The molecule has 0 bridgehead atoms. The lowest BCUT2D eigenvalue weighted by molar-refractivity contribution is 0.0948. The molecule has 1 amide bonds. The van der Waals surface area contributed by atoms with Crippen LogP contribution in [0.2, 0.25) is 0 Å². The number of hydrogen-bond acceptors (Lipinski definition) is 4. The second-order valence-corrected chi connectivity index (χ2v) is 5.61. The molecule has 1 unspecified atom stereocenters. The van der Waals surface area contributed by atoms with Crippen molar-refractivity contribution in [3.63, 3.8) is 0 Å². The van der Waals surface area contributed by atoms with E-state index < -0.39 is 0 Å². The minimum Gasteiger partial charge on any atom is -0.356 e. The highest BCUT2D eigenvalue weighted by molar-refractivity contribution is 5.92. The summed E-state index contributed by atoms with van der Waals surface area (Å²) in [5.74, 6) is 2.10. The number of aromatic nitrogens is 2. The van der Waals surface area contributed by atoms with Crippen LogP contribution in [0.1, 0.15) is 49.4 Å². The van der Waals surface area contributed by atoms with Gasteiger partial charge in [-0.05, 0) is 32.1 Å². The van der Waals surface area contributed by atoms with E-state index in [0.29, 0.717) is 24.0 Å². The van der Waals surface area contributed by atoms with Crippen molar-refractivity contribution in [1.29, 1.82) is 0 Å². The second-order valence-electron chi connectivity index (χ2n) is 5.61. The van der Waals surface area contributed by atoms with E-state index in [9.17, 15) is 4.79 Å². The summed E-state index contributed by atoms with van der Waals surface area (Å²) in [6, 6.07) is 1.82. The third-order valence-corrected chi connectivity index (χ3v) is 3.57. The van der Waals surface area contributed by atoms with Crippen molar-refractivity contribution >= 4 is 11.7 Å². The zero-order valence-electron chi connectivity index (χ0n) is 12.6. The molecule has 0 aromatic carbocycles. The van der Waals surface area contributed by atoms with E-state index >= 15 is 0 Å². The molecule has 1 aromatic heterocycles. The molecular weight excluding hydrogens is 252 g/mol. The van der Waals surface area contributed by atoms with Crippen molar-refractivity contribution in [3.8, 4) is 0 Å². The van der Waals surface area contributed by atoms with E-state index in [-0.39, 0.29) is 5.91 Å². The molecule has 0 radical (unpaired) electrons. The summed E-state index contributed by atoms with van der Waals surface area (Å²) >= 11 is 0. The highest BCUT2D eigenvalue weighted by Crippen LogP contribution is 2.21. The number of carbonyl (C=O) groups is 1. The van der Waals surface area contributed by atoms with Gasteiger partial charge in [-0.3, -0.25) is 4.79 Å². The summed E-state index contributed by atoms with van der Waals surface area (Å²) in [6.45, 7) is 8.83. The van der Waals surface area contributed by atoms with Crippen LogP contribution in [-0.2, 0) is 0 Å². The van der Waals surface area contributed by atoms with Gasteiger partial charge in [0.05, 0.1) is 0 Å². The number of carbonyl (C=O) groups excluding carboxylic acids is 1. The number of amides is 1. The molecule has 1 fully saturated rings. The van der Waals surface area contributed by atoms with Crippen molar-refractivity contribution in [2.24, 2.45) is 5.92 Å². The molecular formula is C15H24N4O. The zero-order chi connectivity index (χ0) is 14.5. The molecule has 0 aliphatic carbocycles. The van der Waals surface area contributed by atoms with E-state index in [4.69, 9.17) is 0 Å². The number of hydrogen-bond donors (Lipinski definition) is 1. The van der Waals surface area contributed by atoms with E-state index in [1.165, 1.54) is 12.8 Å². The standard InChI is InChI=1S/C15H24N4O/c1-4-7-16-15(20)13-9-14(18-12(3)17-13)19-8-5-6-11(2)10-19/h9,11H,4-8,10H2,1-3H3,(H,16,20). The Morgan fingerprint density at radius 2 is 2.30 bits per heavy atom. The molecule has 5 heteroatoms. The molecule has 1 aromatic rings. The Kier molecular flexibility index (Phi) is 4.93. The third kappa shape index (κ3) is 3.68. The maximum atomic E-state index is 12.0. The van der Waals surface area contributed by atoms with Gasteiger partial charge in [-0.15, -0.1) is 0 Å². The Labute approximate surface area is 120 Å². The highest BCUT2D eigenvalue weighted by Gasteiger charge is 2.19. The Morgan fingerprint density at radius 3 is 3.00 bits per heavy atom. The second kappa shape index (κ2) is 6.68. The number of nitrogens with zero attached hydrogens (tertiary/aromatic N) is 3. The third-order valence-electron chi connectivity index (χ3n) is 3.57. The van der Waals surface area contributed by atoms with E-state index in [1.807, 2.05) is 19.9 Å². The predicted molar refractivity (Wildman–Crippen MR) is 80.0 cm³/mol. The van der Waals surface area contributed by atoms with Crippen molar-refractivity contribution in [2.75, 3.05) is 24.5 Å². The first-order valence-corrected chi connectivity index (χ1v) is 7.49. The largest absolute Gasteiger partial charge is 0.356 e. The van der Waals surface area contributed by atoms with Crippen LogP contribution in [0, 0.1) is 12.8 Å². The highest BCUT2D eigenvalue weighted by atomic mass is 16.1. The fraction of sp³-hybridized carbons (Fsp3) is 0.667. The van der Waals surface area contributed by atoms with Crippen molar-refractivity contribution in [1.82, 2.24) is 15.3 Å². The molecule has 0 saturated carbocycles. The smallest absolute Gasteiger partial charge is 0.270 e. The van der Waals surface area contributed by atoms with Crippen LogP contribution in [0.5, 0.6) is 0 Å². The van der Waals surface area contributed by atoms with Crippen molar-refractivity contribution in [3.05, 3.63) is 17.6 Å². The van der Waals surface area contributed by atoms with Gasteiger partial charge in [0.1, 0.15) is 17.3 Å². The van der Waals surface area contributed by atoms with Gasteiger partial charge in [0, 0.05) is 25.7 Å². The van der Waals surface area contributed by atoms with Crippen molar-refractivity contribution in [2.45, 2.75) is 40.0 Å². The number of aryl methyl sites for hydroxylation is 1. The minimum absolute atomic E-state index is 0.108. The van der Waals surface area contributed by atoms with Crippen LogP contribution in [-0.4, -0.2) is 35.5 Å². The predicted octanol–water partition coefficient (Wildman–Crippen LogP) is 2.16. The maximum Gasteiger partial charge on any atom is 0.270 e. The number of nitrogens with one attached hydrogen (secondary N) is 1.